The summed E-state index contributed by atoms with van der Waals surface area (Å²) in [5, 5.41) is 10.5. The van der Waals surface area contributed by atoms with Crippen molar-refractivity contribution in [2.75, 3.05) is 0 Å². The normalized spacial score (nSPS) is 10.4. The van der Waals surface area contributed by atoms with Crippen LogP contribution >= 0.6 is 15.9 Å². The predicted molar refractivity (Wildman–Crippen MR) is 56.4 cm³/mol. The number of pyridine rings is 1. The molecule has 0 atom stereocenters. The monoisotopic (exact) mass is 251 g/mol. The molecule has 0 bridgehead atoms. The maximum absolute atomic E-state index is 10.7. The first kappa shape index (κ1) is 9.15. The van der Waals surface area contributed by atoms with Crippen LogP contribution in [-0.2, 0) is 0 Å². The zero-order valence-electron chi connectivity index (χ0n) is 7.07. The van der Waals surface area contributed by atoms with E-state index in [9.17, 15) is 4.79 Å². The highest BCUT2D eigenvalue weighted by Gasteiger charge is 2.06. The lowest BCUT2D eigenvalue weighted by Crippen LogP contribution is -1.99. The van der Waals surface area contributed by atoms with Crippen molar-refractivity contribution in [2.24, 2.45) is 0 Å². The molecule has 70 valence electrons. The Morgan fingerprint density at radius 2 is 2.21 bits per heavy atom. The van der Waals surface area contributed by atoms with Crippen LogP contribution in [0.4, 0.5) is 0 Å². The summed E-state index contributed by atoms with van der Waals surface area (Å²) in [5.41, 5.74) is 0.0654. The van der Waals surface area contributed by atoms with Crippen LogP contribution in [0.3, 0.4) is 0 Å². The van der Waals surface area contributed by atoms with Crippen molar-refractivity contribution < 1.29 is 9.90 Å². The Morgan fingerprint density at radius 1 is 1.43 bits per heavy atom. The summed E-state index contributed by atoms with van der Waals surface area (Å²) in [6, 6.07) is 7.17. The van der Waals surface area contributed by atoms with E-state index < -0.39 is 5.97 Å². The molecule has 1 aromatic carbocycles. The second kappa shape index (κ2) is 3.38. The van der Waals surface area contributed by atoms with Gasteiger partial charge in [0.2, 0.25) is 0 Å². The summed E-state index contributed by atoms with van der Waals surface area (Å²) in [5.74, 6) is -1.01. The number of carbonyl (C=O) groups is 1. The van der Waals surface area contributed by atoms with Crippen molar-refractivity contribution in [3.05, 3.63) is 40.6 Å². The van der Waals surface area contributed by atoms with Crippen LogP contribution in [0.5, 0.6) is 0 Å². The molecular formula is C10H6BrNO2. The molecule has 14 heavy (non-hydrogen) atoms. The molecule has 1 aromatic heterocycles. The fourth-order valence-corrected chi connectivity index (χ4v) is 1.74. The van der Waals surface area contributed by atoms with Crippen LogP contribution in [-0.4, -0.2) is 16.1 Å². The molecule has 0 saturated heterocycles. The number of benzene rings is 1. The summed E-state index contributed by atoms with van der Waals surface area (Å²) in [6.07, 6.45) is 1.56. The molecule has 0 aliphatic carbocycles. The van der Waals surface area contributed by atoms with Crippen LogP contribution in [0.15, 0.2) is 34.9 Å². The minimum Gasteiger partial charge on any atom is -0.477 e. The van der Waals surface area contributed by atoms with Gasteiger partial charge in [-0.3, -0.25) is 0 Å². The number of rotatable bonds is 1. The molecule has 0 spiro atoms. The molecule has 2 aromatic rings. The minimum absolute atomic E-state index is 0.0654. The van der Waals surface area contributed by atoms with Gasteiger partial charge in [-0.1, -0.05) is 28.1 Å². The summed E-state index contributed by atoms with van der Waals surface area (Å²) in [6.45, 7) is 0. The Balaban J connectivity index is 2.73. The molecular weight excluding hydrogens is 246 g/mol. The maximum atomic E-state index is 10.7. The third-order valence-corrected chi connectivity index (χ3v) is 2.62. The zero-order chi connectivity index (χ0) is 10.1. The molecule has 0 aliphatic heterocycles. The topological polar surface area (TPSA) is 50.2 Å². The Bertz CT molecular complexity index is 510. The summed E-state index contributed by atoms with van der Waals surface area (Å²) in [4.78, 5) is 14.5. The molecule has 2 rings (SSSR count). The summed E-state index contributed by atoms with van der Waals surface area (Å²) >= 11 is 3.37. The SMILES string of the molecule is O=C(O)c1cc2cccc(Br)c2cn1. The van der Waals surface area contributed by atoms with Crippen molar-refractivity contribution in [1.29, 1.82) is 0 Å². The summed E-state index contributed by atoms with van der Waals surface area (Å²) in [7, 11) is 0. The number of fused-ring (bicyclic) bond motifs is 1. The highest BCUT2D eigenvalue weighted by molar-refractivity contribution is 9.10. The number of hydrogen-bond acceptors (Lipinski definition) is 2. The van der Waals surface area contributed by atoms with E-state index in [0.717, 1.165) is 15.2 Å². The van der Waals surface area contributed by atoms with Gasteiger partial charge >= 0.3 is 5.97 Å². The average molecular weight is 252 g/mol. The van der Waals surface area contributed by atoms with Gasteiger partial charge in [-0.05, 0) is 17.5 Å². The predicted octanol–water partition coefficient (Wildman–Crippen LogP) is 2.70. The van der Waals surface area contributed by atoms with Crippen molar-refractivity contribution in [2.45, 2.75) is 0 Å². The lowest BCUT2D eigenvalue weighted by molar-refractivity contribution is 0.0691. The zero-order valence-corrected chi connectivity index (χ0v) is 8.65. The Kier molecular flexibility index (Phi) is 2.21. The van der Waals surface area contributed by atoms with Gasteiger partial charge in [0.15, 0.2) is 0 Å². The quantitative estimate of drug-likeness (QED) is 0.848. The lowest BCUT2D eigenvalue weighted by atomic mass is 10.1. The van der Waals surface area contributed by atoms with E-state index in [2.05, 4.69) is 20.9 Å². The van der Waals surface area contributed by atoms with Crippen molar-refractivity contribution in [3.8, 4) is 0 Å². The maximum Gasteiger partial charge on any atom is 0.354 e. The first-order chi connectivity index (χ1) is 6.68. The van der Waals surface area contributed by atoms with E-state index in [4.69, 9.17) is 5.11 Å². The van der Waals surface area contributed by atoms with Crippen molar-refractivity contribution in [1.82, 2.24) is 4.98 Å². The molecule has 0 unspecified atom stereocenters. The largest absolute Gasteiger partial charge is 0.477 e. The number of halogens is 1. The van der Waals surface area contributed by atoms with Crippen LogP contribution in [0.25, 0.3) is 10.8 Å². The first-order valence-electron chi connectivity index (χ1n) is 3.96. The first-order valence-corrected chi connectivity index (χ1v) is 4.75. The van der Waals surface area contributed by atoms with Gasteiger partial charge in [0.25, 0.3) is 0 Å². The van der Waals surface area contributed by atoms with E-state index >= 15 is 0 Å². The molecule has 3 nitrogen and oxygen atoms in total. The molecule has 0 amide bonds. The minimum atomic E-state index is -1.01. The molecule has 0 aliphatic rings. The highest BCUT2D eigenvalue weighted by atomic mass is 79.9. The van der Waals surface area contributed by atoms with E-state index in [-0.39, 0.29) is 5.69 Å². The molecule has 4 heteroatoms. The molecule has 0 radical (unpaired) electrons. The van der Waals surface area contributed by atoms with Crippen LogP contribution in [0, 0.1) is 0 Å². The number of carboxylic acids is 1. The number of carboxylic acid groups (broad SMARTS) is 1. The molecule has 0 saturated carbocycles. The fraction of sp³-hybridized carbons (Fsp3) is 0. The van der Waals surface area contributed by atoms with Crippen molar-refractivity contribution in [3.63, 3.8) is 0 Å². The van der Waals surface area contributed by atoms with Gasteiger partial charge in [-0.25, -0.2) is 9.78 Å². The van der Waals surface area contributed by atoms with Crippen LogP contribution < -0.4 is 0 Å². The molecule has 0 fully saturated rings. The highest BCUT2D eigenvalue weighted by Crippen LogP contribution is 2.23. The van der Waals surface area contributed by atoms with Gasteiger partial charge < -0.3 is 5.11 Å². The number of nitrogens with zero attached hydrogens (tertiary/aromatic N) is 1. The Hall–Kier alpha value is -1.42. The summed E-state index contributed by atoms with van der Waals surface area (Å²) < 4.78 is 0.916. The van der Waals surface area contributed by atoms with Crippen molar-refractivity contribution >= 4 is 32.7 Å². The molecule has 1 N–H and O–H groups in total. The number of aromatic carboxylic acids is 1. The van der Waals surface area contributed by atoms with E-state index in [1.807, 2.05) is 18.2 Å². The Morgan fingerprint density at radius 3 is 2.93 bits per heavy atom. The van der Waals surface area contributed by atoms with Gasteiger partial charge in [-0.2, -0.15) is 0 Å². The van der Waals surface area contributed by atoms with Gasteiger partial charge in [0.1, 0.15) is 5.69 Å². The number of hydrogen-bond donors (Lipinski definition) is 1. The molecule has 1 heterocycles. The van der Waals surface area contributed by atoms with Crippen LogP contribution in [0.2, 0.25) is 0 Å². The lowest BCUT2D eigenvalue weighted by Gasteiger charge is -2.00. The van der Waals surface area contributed by atoms with Gasteiger partial charge in [0.05, 0.1) is 0 Å². The van der Waals surface area contributed by atoms with E-state index in [0.29, 0.717) is 0 Å². The number of aromatic nitrogens is 1. The Labute approximate surface area is 88.5 Å². The average Bonchev–Trinajstić information content (AvgIpc) is 2.17. The third-order valence-electron chi connectivity index (χ3n) is 1.93. The standard InChI is InChI=1S/C10H6BrNO2/c11-8-3-1-2-6-4-9(10(13)14)12-5-7(6)8/h1-5H,(H,13,14). The second-order valence-electron chi connectivity index (χ2n) is 2.84. The van der Waals surface area contributed by atoms with Crippen LogP contribution in [0.1, 0.15) is 10.5 Å². The third kappa shape index (κ3) is 1.48. The second-order valence-corrected chi connectivity index (χ2v) is 3.69. The van der Waals surface area contributed by atoms with E-state index in [1.54, 1.807) is 12.3 Å². The van der Waals surface area contributed by atoms with E-state index in [1.165, 1.54) is 0 Å². The smallest absolute Gasteiger partial charge is 0.354 e. The fourth-order valence-electron chi connectivity index (χ4n) is 1.25. The van der Waals surface area contributed by atoms with Gasteiger partial charge in [0, 0.05) is 16.1 Å². The van der Waals surface area contributed by atoms with Gasteiger partial charge in [-0.15, -0.1) is 0 Å².